The van der Waals surface area contributed by atoms with Crippen LogP contribution in [0.5, 0.6) is 0 Å². The van der Waals surface area contributed by atoms with Gasteiger partial charge in [0.25, 0.3) is 15.7 Å². The quantitative estimate of drug-likeness (QED) is 0.522. The Bertz CT molecular complexity index is 709. The first kappa shape index (κ1) is 13.6. The zero-order valence-corrected chi connectivity index (χ0v) is 11.1. The van der Waals surface area contributed by atoms with E-state index in [1.54, 1.807) is 0 Å². The average molecular weight is 294 g/mol. The van der Waals surface area contributed by atoms with Crippen molar-refractivity contribution in [2.45, 2.75) is 4.21 Å². The van der Waals surface area contributed by atoms with Crippen LogP contribution in [-0.4, -0.2) is 21.2 Å². The smallest absolute Gasteiger partial charge is 0.271 e. The summed E-state index contributed by atoms with van der Waals surface area (Å²) in [6.07, 6.45) is 0. The summed E-state index contributed by atoms with van der Waals surface area (Å²) in [6.45, 7) is 0. The molecule has 0 unspecified atom stereocenters. The fourth-order valence-electron chi connectivity index (χ4n) is 1.34. The summed E-state index contributed by atoms with van der Waals surface area (Å²) in [7, 11) is 1.77. The van der Waals surface area contributed by atoms with Crippen LogP contribution < -0.4 is 9.50 Å². The van der Waals surface area contributed by atoms with Gasteiger partial charge in [0.1, 0.15) is 12.1 Å². The molecule has 2 rings (SSSR count). The van der Waals surface area contributed by atoms with E-state index in [1.807, 2.05) is 0 Å². The Labute approximate surface area is 114 Å². The second-order valence-electron chi connectivity index (χ2n) is 3.57. The molecule has 9 heteroatoms. The molecular formula is C10H7BN2O4S2. The molecule has 2 aromatic rings. The zero-order chi connectivity index (χ0) is 14.0. The average Bonchev–Trinajstić information content (AvgIpc) is 2.77. The van der Waals surface area contributed by atoms with Gasteiger partial charge in [0.15, 0.2) is 0 Å². The minimum absolute atomic E-state index is 0.0864. The molecule has 0 atom stereocenters. The number of rotatable bonds is 4. The predicted octanol–water partition coefficient (Wildman–Crippen LogP) is 1.25. The minimum atomic E-state index is -3.71. The number of non-ortho nitro benzene ring substituents is 1. The fraction of sp³-hybridized carbons (Fsp3) is 0. The van der Waals surface area contributed by atoms with Crippen LogP contribution in [-0.2, 0) is 10.0 Å². The van der Waals surface area contributed by atoms with Crippen LogP contribution in [0.2, 0.25) is 0 Å². The Morgan fingerprint density at radius 2 is 1.79 bits per heavy atom. The number of nitrogens with one attached hydrogen (secondary N) is 1. The van der Waals surface area contributed by atoms with Crippen molar-refractivity contribution in [3.8, 4) is 0 Å². The van der Waals surface area contributed by atoms with Gasteiger partial charge in [-0.15, -0.1) is 11.3 Å². The van der Waals surface area contributed by atoms with Gasteiger partial charge in [0, 0.05) is 17.8 Å². The Balaban J connectivity index is 2.23. The van der Waals surface area contributed by atoms with Crippen LogP contribution in [0, 0.1) is 10.1 Å². The molecule has 0 aliphatic heterocycles. The normalized spacial score (nSPS) is 11.2. The van der Waals surface area contributed by atoms with Crippen molar-refractivity contribution < 1.29 is 13.3 Å². The largest absolute Gasteiger partial charge is 0.279 e. The summed E-state index contributed by atoms with van der Waals surface area (Å²) in [5.74, 6) is 0. The molecule has 96 valence electrons. The highest BCUT2D eigenvalue weighted by Crippen LogP contribution is 2.21. The van der Waals surface area contributed by atoms with Gasteiger partial charge < -0.3 is 0 Å². The lowest BCUT2D eigenvalue weighted by Crippen LogP contribution is -2.11. The minimum Gasteiger partial charge on any atom is -0.279 e. The lowest BCUT2D eigenvalue weighted by Gasteiger charge is -2.05. The number of hydrogen-bond acceptors (Lipinski definition) is 5. The fourth-order valence-corrected chi connectivity index (χ4v) is 3.49. The van der Waals surface area contributed by atoms with E-state index in [0.717, 1.165) is 11.3 Å². The first-order valence-electron chi connectivity index (χ1n) is 5.01. The zero-order valence-electron chi connectivity index (χ0n) is 9.44. The van der Waals surface area contributed by atoms with E-state index in [1.165, 1.54) is 36.4 Å². The van der Waals surface area contributed by atoms with Gasteiger partial charge in [-0.25, -0.2) is 8.42 Å². The van der Waals surface area contributed by atoms with E-state index in [9.17, 15) is 18.5 Å². The van der Waals surface area contributed by atoms with Crippen LogP contribution >= 0.6 is 11.3 Å². The monoisotopic (exact) mass is 294 g/mol. The third-order valence-electron chi connectivity index (χ3n) is 2.20. The van der Waals surface area contributed by atoms with E-state index in [-0.39, 0.29) is 15.6 Å². The number of nitrogens with zero attached hydrogens (tertiary/aromatic N) is 1. The number of nitro groups is 1. The van der Waals surface area contributed by atoms with Crippen molar-refractivity contribution in [3.63, 3.8) is 0 Å². The summed E-state index contributed by atoms with van der Waals surface area (Å²) >= 11 is 0.941. The molecule has 0 saturated carbocycles. The van der Waals surface area contributed by atoms with E-state index in [4.69, 9.17) is 7.85 Å². The second-order valence-corrected chi connectivity index (χ2v) is 6.59. The summed E-state index contributed by atoms with van der Waals surface area (Å²) in [5, 5.41) is 10.5. The first-order chi connectivity index (χ1) is 8.88. The van der Waals surface area contributed by atoms with Crippen molar-refractivity contribution in [2.24, 2.45) is 0 Å². The second kappa shape index (κ2) is 5.02. The lowest BCUT2D eigenvalue weighted by atomic mass is 10.1. The molecule has 0 bridgehead atoms. The maximum Gasteiger partial charge on any atom is 0.271 e. The topological polar surface area (TPSA) is 89.3 Å². The van der Waals surface area contributed by atoms with Crippen molar-refractivity contribution >= 4 is 45.4 Å². The molecule has 2 radical (unpaired) electrons. The van der Waals surface area contributed by atoms with Crippen molar-refractivity contribution in [1.82, 2.24) is 0 Å². The van der Waals surface area contributed by atoms with Gasteiger partial charge >= 0.3 is 0 Å². The molecule has 1 N–H and O–H groups in total. The number of sulfonamides is 1. The highest BCUT2D eigenvalue weighted by Gasteiger charge is 2.16. The van der Waals surface area contributed by atoms with Gasteiger partial charge in [-0.1, -0.05) is 6.07 Å². The molecule has 1 aromatic carbocycles. The van der Waals surface area contributed by atoms with Crippen LogP contribution in [0.4, 0.5) is 11.4 Å². The predicted molar refractivity (Wildman–Crippen MR) is 73.6 cm³/mol. The summed E-state index contributed by atoms with van der Waals surface area (Å²) < 4.78 is 26.7. The number of anilines is 1. The lowest BCUT2D eigenvalue weighted by molar-refractivity contribution is -0.384. The third-order valence-corrected chi connectivity index (χ3v) is 4.98. The van der Waals surface area contributed by atoms with Gasteiger partial charge in [-0.05, 0) is 23.0 Å². The third kappa shape index (κ3) is 3.12. The Morgan fingerprint density at radius 1 is 1.16 bits per heavy atom. The molecular weight excluding hydrogens is 287 g/mol. The van der Waals surface area contributed by atoms with Crippen LogP contribution in [0.3, 0.4) is 0 Å². The van der Waals surface area contributed by atoms with E-state index in [0.29, 0.717) is 4.78 Å². The van der Waals surface area contributed by atoms with Crippen molar-refractivity contribution in [1.29, 1.82) is 0 Å². The molecule has 1 aromatic heterocycles. The molecule has 0 aliphatic carbocycles. The number of hydrogen-bond donors (Lipinski definition) is 1. The maximum absolute atomic E-state index is 11.9. The highest BCUT2D eigenvalue weighted by atomic mass is 32.2. The molecule has 0 spiro atoms. The summed E-state index contributed by atoms with van der Waals surface area (Å²) in [6, 6.07) is 7.99. The standard InChI is InChI=1S/C10H7BN2O4S2/c11-9-5-6-10(18-9)19(16,17)12-7-1-3-8(4-2-7)13(14)15/h1-6,12H. The molecule has 19 heavy (non-hydrogen) atoms. The highest BCUT2D eigenvalue weighted by molar-refractivity contribution is 7.94. The molecule has 1 heterocycles. The first-order valence-corrected chi connectivity index (χ1v) is 7.31. The van der Waals surface area contributed by atoms with Crippen LogP contribution in [0.25, 0.3) is 0 Å². The molecule has 0 amide bonds. The van der Waals surface area contributed by atoms with Gasteiger partial charge in [0.2, 0.25) is 0 Å². The number of benzene rings is 1. The van der Waals surface area contributed by atoms with Crippen molar-refractivity contribution in [2.75, 3.05) is 4.72 Å². The van der Waals surface area contributed by atoms with E-state index < -0.39 is 14.9 Å². The Kier molecular flexibility index (Phi) is 3.58. The van der Waals surface area contributed by atoms with Gasteiger partial charge in [0.05, 0.1) is 4.92 Å². The number of nitro benzene ring substituents is 1. The van der Waals surface area contributed by atoms with E-state index >= 15 is 0 Å². The van der Waals surface area contributed by atoms with Gasteiger partial charge in [-0.3, -0.25) is 14.8 Å². The molecule has 0 saturated heterocycles. The summed E-state index contributed by atoms with van der Waals surface area (Å²) in [5.41, 5.74) is 0.140. The maximum atomic E-state index is 11.9. The molecule has 0 aliphatic rings. The number of thiophene rings is 1. The van der Waals surface area contributed by atoms with Crippen molar-refractivity contribution in [3.05, 3.63) is 46.5 Å². The van der Waals surface area contributed by atoms with E-state index in [2.05, 4.69) is 4.72 Å². The molecule has 6 nitrogen and oxygen atoms in total. The SMILES string of the molecule is [B]c1ccc(S(=O)(=O)Nc2ccc([N+](=O)[O-])cc2)s1. The Morgan fingerprint density at radius 3 is 2.26 bits per heavy atom. The van der Waals surface area contributed by atoms with Gasteiger partial charge in [-0.2, -0.15) is 0 Å². The molecule has 0 fully saturated rings. The van der Waals surface area contributed by atoms with Crippen LogP contribution in [0.1, 0.15) is 0 Å². The summed E-state index contributed by atoms with van der Waals surface area (Å²) in [4.78, 5) is 9.92. The Hall–Kier alpha value is -1.87. The van der Waals surface area contributed by atoms with Crippen LogP contribution in [0.15, 0.2) is 40.6 Å².